The molecule has 1 aliphatic rings. The van der Waals surface area contributed by atoms with Crippen LogP contribution in [0.1, 0.15) is 47.0 Å². The smallest absolute Gasteiger partial charge is 0.311 e. The predicted octanol–water partition coefficient (Wildman–Crippen LogP) is 0.390. The number of carbonyl (C=O) groups excluding carboxylic acids is 2. The molecule has 0 aromatic heterocycles. The molecule has 8 nitrogen and oxygen atoms in total. The Morgan fingerprint density at radius 3 is 2.38 bits per heavy atom. The number of ether oxygens (including phenoxy) is 1. The van der Waals surface area contributed by atoms with Gasteiger partial charge in [-0.1, -0.05) is 26.7 Å². The summed E-state index contributed by atoms with van der Waals surface area (Å²) in [5.41, 5.74) is 5.84. The van der Waals surface area contributed by atoms with E-state index in [9.17, 15) is 14.7 Å². The second-order valence-corrected chi connectivity index (χ2v) is 6.82. The van der Waals surface area contributed by atoms with Crippen LogP contribution in [0.5, 0.6) is 0 Å². The maximum Gasteiger partial charge on any atom is 0.311 e. The van der Waals surface area contributed by atoms with Crippen LogP contribution in [-0.4, -0.2) is 54.8 Å². The van der Waals surface area contributed by atoms with Crippen molar-refractivity contribution in [2.75, 3.05) is 13.7 Å². The maximum atomic E-state index is 12.3. The van der Waals surface area contributed by atoms with Crippen LogP contribution >= 0.6 is 0 Å². The second kappa shape index (κ2) is 10.4. The predicted molar refractivity (Wildman–Crippen MR) is 100 cm³/mol. The molecule has 0 aliphatic heterocycles. The minimum absolute atomic E-state index is 0.162. The summed E-state index contributed by atoms with van der Waals surface area (Å²) in [7, 11) is 1.57. The summed E-state index contributed by atoms with van der Waals surface area (Å²) in [6.45, 7) is 7.56. The molecule has 0 heterocycles. The number of nitrogens with one attached hydrogen (secondary N) is 2. The van der Waals surface area contributed by atoms with Crippen molar-refractivity contribution >= 4 is 17.8 Å². The number of guanidine groups is 1. The molecule has 1 amide bonds. The van der Waals surface area contributed by atoms with Crippen LogP contribution in [-0.2, 0) is 14.3 Å². The van der Waals surface area contributed by atoms with Crippen molar-refractivity contribution in [2.24, 2.45) is 28.5 Å². The number of aliphatic imine (C=N–C) groups is 1. The van der Waals surface area contributed by atoms with Gasteiger partial charge in [-0.3, -0.25) is 14.6 Å². The van der Waals surface area contributed by atoms with Crippen LogP contribution in [0.3, 0.4) is 0 Å². The number of hydrogen-bond donors (Lipinski definition) is 4. The fourth-order valence-electron chi connectivity index (χ4n) is 3.99. The summed E-state index contributed by atoms with van der Waals surface area (Å²) >= 11 is 0. The molecule has 1 unspecified atom stereocenters. The van der Waals surface area contributed by atoms with Gasteiger partial charge in [0.25, 0.3) is 0 Å². The van der Waals surface area contributed by atoms with Gasteiger partial charge in [-0.25, -0.2) is 0 Å². The van der Waals surface area contributed by atoms with E-state index in [-0.39, 0.29) is 42.4 Å². The summed E-state index contributed by atoms with van der Waals surface area (Å²) in [5, 5.41) is 17.0. The molecular weight excluding hydrogens is 336 g/mol. The van der Waals surface area contributed by atoms with Gasteiger partial charge in [0.2, 0.25) is 5.91 Å². The first-order valence-electron chi connectivity index (χ1n) is 9.41. The third kappa shape index (κ3) is 5.33. The highest BCUT2D eigenvalue weighted by atomic mass is 16.5. The molecule has 1 saturated carbocycles. The molecule has 1 rings (SSSR count). The SMILES string of the molecule is CCOC(=O)[C@H]1C[C@@H](NC(N)=NC)[C@H](C(NC(C)=O)C(CC)CC)[C@@H]1O. The molecule has 0 radical (unpaired) electrons. The number of hydrogen-bond acceptors (Lipinski definition) is 5. The highest BCUT2D eigenvalue weighted by Crippen LogP contribution is 2.38. The molecule has 1 fully saturated rings. The number of esters is 1. The van der Waals surface area contributed by atoms with Crippen molar-refractivity contribution in [1.82, 2.24) is 10.6 Å². The fourth-order valence-corrected chi connectivity index (χ4v) is 3.99. The minimum atomic E-state index is -0.936. The van der Waals surface area contributed by atoms with Crippen LogP contribution < -0.4 is 16.4 Å². The van der Waals surface area contributed by atoms with Gasteiger partial charge in [0.15, 0.2) is 5.96 Å². The molecule has 1 aliphatic carbocycles. The molecule has 5 atom stereocenters. The summed E-state index contributed by atoms with van der Waals surface area (Å²) in [4.78, 5) is 28.0. The lowest BCUT2D eigenvalue weighted by Gasteiger charge is -2.36. The quantitative estimate of drug-likeness (QED) is 0.278. The third-order valence-corrected chi connectivity index (χ3v) is 5.28. The van der Waals surface area contributed by atoms with E-state index in [1.165, 1.54) is 6.92 Å². The number of amides is 1. The van der Waals surface area contributed by atoms with Gasteiger partial charge in [-0.15, -0.1) is 0 Å². The lowest BCUT2D eigenvalue weighted by molar-refractivity contribution is -0.151. The zero-order chi connectivity index (χ0) is 19.9. The molecule has 5 N–H and O–H groups in total. The Balaban J connectivity index is 3.22. The Labute approximate surface area is 156 Å². The Kier molecular flexibility index (Phi) is 8.84. The Morgan fingerprint density at radius 1 is 1.31 bits per heavy atom. The molecule has 0 spiro atoms. The van der Waals surface area contributed by atoms with Gasteiger partial charge in [0, 0.05) is 32.0 Å². The van der Waals surface area contributed by atoms with Crippen LogP contribution in [0.2, 0.25) is 0 Å². The molecule has 0 aromatic carbocycles. The van der Waals surface area contributed by atoms with Crippen molar-refractivity contribution in [3.05, 3.63) is 0 Å². The zero-order valence-corrected chi connectivity index (χ0v) is 16.5. The first-order chi connectivity index (χ1) is 12.3. The monoisotopic (exact) mass is 370 g/mol. The van der Waals surface area contributed by atoms with Crippen LogP contribution in [0.15, 0.2) is 4.99 Å². The number of carbonyl (C=O) groups is 2. The number of rotatable bonds is 8. The summed E-state index contributed by atoms with van der Waals surface area (Å²) in [6, 6.07) is -0.570. The second-order valence-electron chi connectivity index (χ2n) is 6.82. The average molecular weight is 370 g/mol. The summed E-state index contributed by atoms with van der Waals surface area (Å²) in [5.74, 6) is -1.21. The number of nitrogens with two attached hydrogens (primary N) is 1. The summed E-state index contributed by atoms with van der Waals surface area (Å²) < 4.78 is 5.12. The molecule has 0 bridgehead atoms. The zero-order valence-electron chi connectivity index (χ0n) is 16.5. The largest absolute Gasteiger partial charge is 0.466 e. The van der Waals surface area contributed by atoms with E-state index < -0.39 is 18.0 Å². The van der Waals surface area contributed by atoms with Crippen LogP contribution in [0.4, 0.5) is 0 Å². The molecule has 0 aromatic rings. The molecule has 0 saturated heterocycles. The normalized spacial score (nSPS) is 27.3. The van der Waals surface area contributed by atoms with E-state index >= 15 is 0 Å². The van der Waals surface area contributed by atoms with E-state index in [2.05, 4.69) is 29.5 Å². The molecule has 8 heteroatoms. The van der Waals surface area contributed by atoms with Gasteiger partial charge in [0.05, 0.1) is 18.6 Å². The lowest BCUT2D eigenvalue weighted by atomic mass is 9.80. The Bertz CT molecular complexity index is 507. The van der Waals surface area contributed by atoms with Crippen molar-refractivity contribution < 1.29 is 19.4 Å². The molecular formula is C18H34N4O4. The highest BCUT2D eigenvalue weighted by molar-refractivity contribution is 5.79. The van der Waals surface area contributed by atoms with Crippen LogP contribution in [0.25, 0.3) is 0 Å². The number of nitrogens with zero attached hydrogens (tertiary/aromatic N) is 1. The number of aliphatic hydroxyl groups excluding tert-OH is 1. The summed E-state index contributed by atoms with van der Waals surface area (Å²) in [6.07, 6.45) is 1.13. The van der Waals surface area contributed by atoms with E-state index in [1.54, 1.807) is 14.0 Å². The topological polar surface area (TPSA) is 126 Å². The minimum Gasteiger partial charge on any atom is -0.466 e. The van der Waals surface area contributed by atoms with Gasteiger partial charge in [-0.05, 0) is 19.3 Å². The van der Waals surface area contributed by atoms with Crippen molar-refractivity contribution in [3.8, 4) is 0 Å². The third-order valence-electron chi connectivity index (χ3n) is 5.28. The van der Waals surface area contributed by atoms with E-state index in [0.717, 1.165) is 12.8 Å². The first kappa shape index (κ1) is 22.2. The first-order valence-corrected chi connectivity index (χ1v) is 9.41. The standard InChI is InChI=1S/C18H34N4O4/c1-6-11(7-2)15(21-10(4)23)14-13(22-18(19)20-5)9-12(16(14)24)17(25)26-8-3/h11-16,24H,6-9H2,1-5H3,(H,21,23)(H3,19,20,22)/t12-,13+,14+,15?,16+/m0/s1. The highest BCUT2D eigenvalue weighted by Gasteiger charge is 2.51. The number of aliphatic hydroxyl groups is 1. The Morgan fingerprint density at radius 2 is 1.92 bits per heavy atom. The van der Waals surface area contributed by atoms with Gasteiger partial charge >= 0.3 is 5.97 Å². The Hall–Kier alpha value is -1.83. The van der Waals surface area contributed by atoms with E-state index in [0.29, 0.717) is 6.42 Å². The van der Waals surface area contributed by atoms with Gasteiger partial charge < -0.3 is 26.2 Å². The van der Waals surface area contributed by atoms with Gasteiger partial charge in [-0.2, -0.15) is 0 Å². The lowest BCUT2D eigenvalue weighted by Crippen LogP contribution is -2.55. The van der Waals surface area contributed by atoms with Crippen LogP contribution in [0, 0.1) is 17.8 Å². The molecule has 150 valence electrons. The van der Waals surface area contributed by atoms with E-state index in [1.807, 2.05) is 0 Å². The van der Waals surface area contributed by atoms with Crippen molar-refractivity contribution in [2.45, 2.75) is 65.1 Å². The molecule has 26 heavy (non-hydrogen) atoms. The van der Waals surface area contributed by atoms with Crippen molar-refractivity contribution in [3.63, 3.8) is 0 Å². The van der Waals surface area contributed by atoms with Crippen molar-refractivity contribution in [1.29, 1.82) is 0 Å². The average Bonchev–Trinajstić information content (AvgIpc) is 2.90. The van der Waals surface area contributed by atoms with Gasteiger partial charge in [0.1, 0.15) is 0 Å². The fraction of sp³-hybridized carbons (Fsp3) is 0.833. The van der Waals surface area contributed by atoms with E-state index in [4.69, 9.17) is 10.5 Å². The maximum absolute atomic E-state index is 12.3.